The van der Waals surface area contributed by atoms with E-state index in [1.807, 2.05) is 60.8 Å². The molecule has 2 aromatic carbocycles. The molecule has 0 atom stereocenters. The van der Waals surface area contributed by atoms with Gasteiger partial charge in [0.2, 0.25) is 5.91 Å². The van der Waals surface area contributed by atoms with Gasteiger partial charge in [-0.15, -0.1) is 0 Å². The van der Waals surface area contributed by atoms with Crippen molar-refractivity contribution in [3.8, 4) is 5.75 Å². The van der Waals surface area contributed by atoms with Crippen molar-refractivity contribution in [1.82, 2.24) is 10.3 Å². The van der Waals surface area contributed by atoms with Crippen molar-refractivity contribution < 1.29 is 9.53 Å². The number of carbonyl (C=O) groups excluding carboxylic acids is 1. The number of methoxy groups -OCH3 is 1. The summed E-state index contributed by atoms with van der Waals surface area (Å²) in [4.78, 5) is 15.1. The molecule has 0 unspecified atom stereocenters. The van der Waals surface area contributed by atoms with E-state index in [4.69, 9.17) is 4.74 Å². The highest BCUT2D eigenvalue weighted by molar-refractivity contribution is 5.91. The largest absolute Gasteiger partial charge is 0.497 e. The van der Waals surface area contributed by atoms with E-state index in [0.29, 0.717) is 6.54 Å². The normalized spacial score (nSPS) is 11.0. The molecule has 0 spiro atoms. The van der Waals surface area contributed by atoms with Gasteiger partial charge in [-0.2, -0.15) is 0 Å². The van der Waals surface area contributed by atoms with Crippen molar-refractivity contribution in [3.05, 3.63) is 71.9 Å². The number of hydrogen-bond donors (Lipinski definition) is 2. The molecule has 0 aliphatic rings. The third-order valence-electron chi connectivity index (χ3n) is 3.89. The highest BCUT2D eigenvalue weighted by Gasteiger charge is 2.05. The van der Waals surface area contributed by atoms with E-state index < -0.39 is 0 Å². The lowest BCUT2D eigenvalue weighted by Gasteiger charge is -2.03. The number of carbonyl (C=O) groups is 1. The minimum atomic E-state index is -0.0830. The molecule has 0 aliphatic carbocycles. The highest BCUT2D eigenvalue weighted by atomic mass is 16.5. The molecule has 0 saturated carbocycles. The van der Waals surface area contributed by atoms with Gasteiger partial charge in [0, 0.05) is 35.8 Å². The zero-order valence-corrected chi connectivity index (χ0v) is 13.6. The number of aromatic amines is 1. The van der Waals surface area contributed by atoms with E-state index in [1.165, 1.54) is 5.56 Å². The van der Waals surface area contributed by atoms with E-state index in [-0.39, 0.29) is 5.91 Å². The summed E-state index contributed by atoms with van der Waals surface area (Å²) in [5, 5.41) is 4.07. The third kappa shape index (κ3) is 3.84. The first-order chi connectivity index (χ1) is 11.8. The predicted molar refractivity (Wildman–Crippen MR) is 97.0 cm³/mol. The van der Waals surface area contributed by atoms with Crippen molar-refractivity contribution in [2.24, 2.45) is 0 Å². The lowest BCUT2D eigenvalue weighted by molar-refractivity contribution is -0.116. The van der Waals surface area contributed by atoms with Crippen LogP contribution in [0.5, 0.6) is 5.75 Å². The fourth-order valence-electron chi connectivity index (χ4n) is 2.61. The molecule has 3 aromatic rings. The first-order valence-corrected chi connectivity index (χ1v) is 7.91. The second-order valence-corrected chi connectivity index (χ2v) is 5.51. The molecule has 1 amide bonds. The summed E-state index contributed by atoms with van der Waals surface area (Å²) in [7, 11) is 1.66. The summed E-state index contributed by atoms with van der Waals surface area (Å²) >= 11 is 0. The molecule has 0 fully saturated rings. The molecule has 24 heavy (non-hydrogen) atoms. The fraction of sp³-hybridized carbons (Fsp3) is 0.150. The van der Waals surface area contributed by atoms with E-state index in [1.54, 1.807) is 13.2 Å². The Morgan fingerprint density at radius 3 is 2.83 bits per heavy atom. The van der Waals surface area contributed by atoms with E-state index in [9.17, 15) is 4.79 Å². The Morgan fingerprint density at radius 1 is 1.21 bits per heavy atom. The van der Waals surface area contributed by atoms with Crippen LogP contribution in [0.2, 0.25) is 0 Å². The second kappa shape index (κ2) is 7.51. The van der Waals surface area contributed by atoms with Crippen molar-refractivity contribution in [2.45, 2.75) is 6.42 Å². The molecular formula is C20H20N2O2. The van der Waals surface area contributed by atoms with Gasteiger partial charge in [0.1, 0.15) is 5.75 Å². The van der Waals surface area contributed by atoms with Gasteiger partial charge in [0.15, 0.2) is 0 Å². The average molecular weight is 320 g/mol. The minimum absolute atomic E-state index is 0.0830. The number of fused-ring (bicyclic) bond motifs is 1. The fourth-order valence-corrected chi connectivity index (χ4v) is 2.61. The summed E-state index contributed by atoms with van der Waals surface area (Å²) in [6.07, 6.45) is 6.13. The van der Waals surface area contributed by atoms with Crippen molar-refractivity contribution in [2.75, 3.05) is 13.7 Å². The minimum Gasteiger partial charge on any atom is -0.497 e. The Morgan fingerprint density at radius 2 is 2.04 bits per heavy atom. The molecule has 0 saturated heterocycles. The smallest absolute Gasteiger partial charge is 0.244 e. The maximum atomic E-state index is 11.9. The number of amides is 1. The zero-order valence-electron chi connectivity index (χ0n) is 13.6. The number of benzene rings is 2. The molecule has 4 heteroatoms. The number of H-pyrrole nitrogens is 1. The lowest BCUT2D eigenvalue weighted by Crippen LogP contribution is -2.23. The molecule has 0 aliphatic heterocycles. The molecule has 1 aromatic heterocycles. The van der Waals surface area contributed by atoms with Crippen molar-refractivity contribution in [1.29, 1.82) is 0 Å². The van der Waals surface area contributed by atoms with Crippen LogP contribution in [-0.2, 0) is 11.2 Å². The summed E-state index contributed by atoms with van der Waals surface area (Å²) < 4.78 is 5.22. The monoisotopic (exact) mass is 320 g/mol. The molecule has 2 N–H and O–H groups in total. The Balaban J connectivity index is 1.55. The van der Waals surface area contributed by atoms with E-state index >= 15 is 0 Å². The van der Waals surface area contributed by atoms with Crippen molar-refractivity contribution in [3.63, 3.8) is 0 Å². The van der Waals surface area contributed by atoms with Crippen LogP contribution in [-0.4, -0.2) is 24.5 Å². The number of rotatable bonds is 6. The Bertz CT molecular complexity index is 850. The molecule has 3 rings (SSSR count). The summed E-state index contributed by atoms with van der Waals surface area (Å²) in [5.74, 6) is 0.746. The van der Waals surface area contributed by atoms with Crippen LogP contribution >= 0.6 is 0 Å². The quantitative estimate of drug-likeness (QED) is 0.683. The van der Waals surface area contributed by atoms with Gasteiger partial charge in [-0.05, 0) is 35.8 Å². The number of aromatic nitrogens is 1. The maximum absolute atomic E-state index is 11.9. The summed E-state index contributed by atoms with van der Waals surface area (Å²) in [5.41, 5.74) is 3.23. The molecule has 0 bridgehead atoms. The first kappa shape index (κ1) is 15.9. The van der Waals surface area contributed by atoms with Gasteiger partial charge < -0.3 is 15.0 Å². The molecular weight excluding hydrogens is 300 g/mol. The van der Waals surface area contributed by atoms with Gasteiger partial charge in [0.05, 0.1) is 7.11 Å². The van der Waals surface area contributed by atoms with Gasteiger partial charge in [-0.25, -0.2) is 0 Å². The molecule has 4 nitrogen and oxygen atoms in total. The summed E-state index contributed by atoms with van der Waals surface area (Å²) in [6.45, 7) is 0.594. The van der Waals surface area contributed by atoms with Crippen LogP contribution in [0.1, 0.15) is 11.1 Å². The van der Waals surface area contributed by atoms with Crippen molar-refractivity contribution >= 4 is 22.9 Å². The zero-order chi connectivity index (χ0) is 16.8. The van der Waals surface area contributed by atoms with Crippen LogP contribution in [0.4, 0.5) is 0 Å². The SMILES string of the molecule is COc1ccc2c(CCNC(=O)C=Cc3ccccc3)c[nH]c2c1. The molecule has 1 heterocycles. The number of hydrogen-bond acceptors (Lipinski definition) is 2. The van der Waals surface area contributed by atoms with Gasteiger partial charge >= 0.3 is 0 Å². The van der Waals surface area contributed by atoms with Gasteiger partial charge in [0.25, 0.3) is 0 Å². The van der Waals surface area contributed by atoms with Crippen LogP contribution in [0.25, 0.3) is 17.0 Å². The van der Waals surface area contributed by atoms with E-state index in [2.05, 4.69) is 10.3 Å². The first-order valence-electron chi connectivity index (χ1n) is 7.91. The maximum Gasteiger partial charge on any atom is 0.244 e. The number of nitrogens with one attached hydrogen (secondary N) is 2. The second-order valence-electron chi connectivity index (χ2n) is 5.51. The Labute approximate surface area is 141 Å². The predicted octanol–water partition coefficient (Wildman–Crippen LogP) is 3.55. The topological polar surface area (TPSA) is 54.1 Å². The summed E-state index contributed by atoms with van der Waals surface area (Å²) in [6, 6.07) is 15.7. The third-order valence-corrected chi connectivity index (χ3v) is 3.89. The molecule has 122 valence electrons. The van der Waals surface area contributed by atoms with Gasteiger partial charge in [-0.3, -0.25) is 4.79 Å². The van der Waals surface area contributed by atoms with E-state index in [0.717, 1.165) is 28.6 Å². The van der Waals surface area contributed by atoms with Crippen LogP contribution < -0.4 is 10.1 Å². The Kier molecular flexibility index (Phi) is 4.96. The molecule has 0 radical (unpaired) electrons. The Hall–Kier alpha value is -3.01. The lowest BCUT2D eigenvalue weighted by atomic mass is 10.1. The van der Waals surface area contributed by atoms with Crippen LogP contribution in [0, 0.1) is 0 Å². The van der Waals surface area contributed by atoms with Crippen LogP contribution in [0.15, 0.2) is 60.8 Å². The standard InChI is InChI=1S/C20H20N2O2/c1-24-17-8-9-18-16(14-22-19(18)13-17)11-12-21-20(23)10-7-15-5-3-2-4-6-15/h2-10,13-14,22H,11-12H2,1H3,(H,21,23). The van der Waals surface area contributed by atoms with Gasteiger partial charge in [-0.1, -0.05) is 30.3 Å². The number of ether oxygens (including phenoxy) is 1. The highest BCUT2D eigenvalue weighted by Crippen LogP contribution is 2.23. The van der Waals surface area contributed by atoms with Crippen LogP contribution in [0.3, 0.4) is 0 Å². The average Bonchev–Trinajstić information content (AvgIpc) is 3.03.